The molecule has 1 unspecified atom stereocenters. The van der Waals surface area contributed by atoms with Crippen molar-refractivity contribution in [2.75, 3.05) is 0 Å². The number of thiol groups is 1. The van der Waals surface area contributed by atoms with Crippen molar-refractivity contribution in [3.8, 4) is 0 Å². The van der Waals surface area contributed by atoms with E-state index in [1.807, 2.05) is 19.1 Å². The largest absolute Gasteiger partial charge is 0.435 e. The minimum absolute atomic E-state index is 0.186. The van der Waals surface area contributed by atoms with Crippen molar-refractivity contribution in [3.63, 3.8) is 0 Å². The van der Waals surface area contributed by atoms with Gasteiger partial charge in [0.05, 0.1) is 12.6 Å². The monoisotopic (exact) mass is 316 g/mol. The first kappa shape index (κ1) is 15.9. The van der Waals surface area contributed by atoms with Gasteiger partial charge in [-0.2, -0.15) is 18.3 Å². The van der Waals surface area contributed by atoms with Crippen LogP contribution in [0.4, 0.5) is 13.2 Å². The van der Waals surface area contributed by atoms with Gasteiger partial charge in [0.25, 0.3) is 0 Å². The van der Waals surface area contributed by atoms with Crippen molar-refractivity contribution in [1.82, 2.24) is 9.78 Å². The molecule has 1 aromatic carbocycles. The van der Waals surface area contributed by atoms with E-state index < -0.39 is 18.0 Å². The minimum Gasteiger partial charge on any atom is -0.389 e. The Labute approximate surface area is 125 Å². The highest BCUT2D eigenvalue weighted by atomic mass is 32.1. The van der Waals surface area contributed by atoms with E-state index in [1.165, 1.54) is 17.8 Å². The number of aromatic nitrogens is 2. The smallest absolute Gasteiger partial charge is 0.389 e. The summed E-state index contributed by atoms with van der Waals surface area (Å²) in [6.45, 7) is 3.36. The van der Waals surface area contributed by atoms with Crippen LogP contribution in [0.3, 0.4) is 0 Å². The number of aliphatic hydroxyl groups excluding tert-OH is 1. The summed E-state index contributed by atoms with van der Waals surface area (Å²) in [4.78, 5) is 0.740. The molecule has 1 aromatic heterocycles. The van der Waals surface area contributed by atoms with Crippen LogP contribution < -0.4 is 0 Å². The molecule has 0 spiro atoms. The lowest BCUT2D eigenvalue weighted by Crippen LogP contribution is -2.11. The molecule has 114 valence electrons. The molecule has 1 N–H and O–H groups in total. The predicted molar refractivity (Wildman–Crippen MR) is 75.4 cm³/mol. The molecule has 0 bridgehead atoms. The van der Waals surface area contributed by atoms with Gasteiger partial charge in [0.15, 0.2) is 5.69 Å². The maximum atomic E-state index is 12.9. The van der Waals surface area contributed by atoms with E-state index in [0.717, 1.165) is 16.0 Å². The zero-order valence-corrected chi connectivity index (χ0v) is 12.4. The highest BCUT2D eigenvalue weighted by Gasteiger charge is 2.38. The normalized spacial score (nSPS) is 13.5. The predicted octanol–water partition coefficient (Wildman–Crippen LogP) is 3.60. The highest BCUT2D eigenvalue weighted by molar-refractivity contribution is 7.80. The quantitative estimate of drug-likeness (QED) is 0.849. The zero-order valence-electron chi connectivity index (χ0n) is 11.5. The van der Waals surface area contributed by atoms with E-state index in [-0.39, 0.29) is 12.1 Å². The van der Waals surface area contributed by atoms with Gasteiger partial charge in [-0.1, -0.05) is 6.07 Å². The SMILES string of the molecule is Cc1cc(S)cc(Cn2cc(C(C)O)c(C(F)(F)F)n2)c1. The van der Waals surface area contributed by atoms with Gasteiger partial charge in [-0.3, -0.25) is 4.68 Å². The summed E-state index contributed by atoms with van der Waals surface area (Å²) in [6, 6.07) is 5.49. The summed E-state index contributed by atoms with van der Waals surface area (Å²) >= 11 is 4.24. The molecule has 0 radical (unpaired) electrons. The fourth-order valence-corrected chi connectivity index (χ4v) is 2.53. The fourth-order valence-electron chi connectivity index (χ4n) is 2.16. The van der Waals surface area contributed by atoms with Crippen LogP contribution in [0, 0.1) is 6.92 Å². The second-order valence-electron chi connectivity index (χ2n) is 4.98. The summed E-state index contributed by atoms with van der Waals surface area (Å²) in [7, 11) is 0. The number of alkyl halides is 3. The van der Waals surface area contributed by atoms with Gasteiger partial charge in [0, 0.05) is 16.7 Å². The maximum absolute atomic E-state index is 12.9. The molecular formula is C14H15F3N2OS. The average Bonchev–Trinajstić information content (AvgIpc) is 2.71. The van der Waals surface area contributed by atoms with Crippen molar-refractivity contribution in [1.29, 1.82) is 0 Å². The van der Waals surface area contributed by atoms with Crippen LogP contribution in [0.5, 0.6) is 0 Å². The van der Waals surface area contributed by atoms with Gasteiger partial charge in [-0.05, 0) is 37.1 Å². The Kier molecular flexibility index (Phi) is 4.34. The van der Waals surface area contributed by atoms with Crippen molar-refractivity contribution in [2.45, 2.75) is 37.6 Å². The molecule has 0 aliphatic heterocycles. The van der Waals surface area contributed by atoms with Crippen molar-refractivity contribution >= 4 is 12.6 Å². The number of aryl methyl sites for hydroxylation is 1. The molecule has 7 heteroatoms. The molecule has 3 nitrogen and oxygen atoms in total. The Morgan fingerprint density at radius 1 is 1.33 bits per heavy atom. The van der Waals surface area contributed by atoms with Crippen LogP contribution in [0.1, 0.15) is 35.4 Å². The number of aliphatic hydroxyl groups is 1. The summed E-state index contributed by atoms with van der Waals surface area (Å²) < 4.78 is 39.9. The molecule has 2 rings (SSSR count). The maximum Gasteiger partial charge on any atom is 0.435 e. The Bertz CT molecular complexity index is 630. The molecule has 0 saturated carbocycles. The molecular weight excluding hydrogens is 301 g/mol. The Morgan fingerprint density at radius 2 is 2.00 bits per heavy atom. The fraction of sp³-hybridized carbons (Fsp3) is 0.357. The third kappa shape index (κ3) is 3.79. The Balaban J connectivity index is 2.37. The van der Waals surface area contributed by atoms with Crippen molar-refractivity contribution in [2.24, 2.45) is 0 Å². The van der Waals surface area contributed by atoms with Crippen LogP contribution in [0.25, 0.3) is 0 Å². The molecule has 0 aliphatic carbocycles. The van der Waals surface area contributed by atoms with Gasteiger partial charge in [-0.15, -0.1) is 12.6 Å². The van der Waals surface area contributed by atoms with E-state index in [1.54, 1.807) is 6.07 Å². The molecule has 0 fully saturated rings. The number of rotatable bonds is 3. The molecule has 21 heavy (non-hydrogen) atoms. The van der Waals surface area contributed by atoms with E-state index in [9.17, 15) is 18.3 Å². The summed E-state index contributed by atoms with van der Waals surface area (Å²) in [5, 5.41) is 13.0. The number of hydrogen-bond donors (Lipinski definition) is 2. The second-order valence-corrected chi connectivity index (χ2v) is 5.50. The lowest BCUT2D eigenvalue weighted by atomic mass is 10.1. The third-order valence-corrected chi connectivity index (χ3v) is 3.23. The van der Waals surface area contributed by atoms with Gasteiger partial charge < -0.3 is 5.11 Å². The number of hydrogen-bond acceptors (Lipinski definition) is 3. The molecule has 0 saturated heterocycles. The van der Waals surface area contributed by atoms with Gasteiger partial charge in [-0.25, -0.2) is 0 Å². The average molecular weight is 316 g/mol. The van der Waals surface area contributed by atoms with E-state index >= 15 is 0 Å². The van der Waals surface area contributed by atoms with Crippen molar-refractivity contribution in [3.05, 3.63) is 46.8 Å². The van der Waals surface area contributed by atoms with Crippen LogP contribution in [0.2, 0.25) is 0 Å². The number of halogens is 3. The van der Waals surface area contributed by atoms with Gasteiger partial charge in [0.2, 0.25) is 0 Å². The minimum atomic E-state index is -4.58. The third-order valence-electron chi connectivity index (χ3n) is 2.98. The molecule has 1 heterocycles. The van der Waals surface area contributed by atoms with Crippen LogP contribution >= 0.6 is 12.6 Å². The number of nitrogens with zero attached hydrogens (tertiary/aromatic N) is 2. The van der Waals surface area contributed by atoms with Crippen LogP contribution in [-0.2, 0) is 12.7 Å². The molecule has 1 atom stereocenters. The van der Waals surface area contributed by atoms with E-state index in [2.05, 4.69) is 17.7 Å². The molecule has 0 aliphatic rings. The lowest BCUT2D eigenvalue weighted by molar-refractivity contribution is -0.142. The van der Waals surface area contributed by atoms with E-state index in [4.69, 9.17) is 0 Å². The van der Waals surface area contributed by atoms with E-state index in [0.29, 0.717) is 0 Å². The first-order valence-electron chi connectivity index (χ1n) is 6.29. The first-order valence-corrected chi connectivity index (χ1v) is 6.73. The van der Waals surface area contributed by atoms with Gasteiger partial charge >= 0.3 is 6.18 Å². The van der Waals surface area contributed by atoms with Crippen molar-refractivity contribution < 1.29 is 18.3 Å². The highest BCUT2D eigenvalue weighted by Crippen LogP contribution is 2.33. The first-order chi connectivity index (χ1) is 9.66. The topological polar surface area (TPSA) is 38.0 Å². The van der Waals surface area contributed by atoms with Crippen LogP contribution in [0.15, 0.2) is 29.3 Å². The summed E-state index contributed by atoms with van der Waals surface area (Å²) in [5.41, 5.74) is 0.502. The van der Waals surface area contributed by atoms with Crippen LogP contribution in [-0.4, -0.2) is 14.9 Å². The number of benzene rings is 1. The standard InChI is InChI=1S/C14H15F3N2OS/c1-8-3-10(5-11(21)4-8)6-19-7-12(9(2)20)13(18-19)14(15,16)17/h3-5,7,9,20-21H,6H2,1-2H3. The summed E-state index contributed by atoms with van der Waals surface area (Å²) in [5.74, 6) is 0. The Morgan fingerprint density at radius 3 is 2.48 bits per heavy atom. The Hall–Kier alpha value is -1.47. The van der Waals surface area contributed by atoms with Gasteiger partial charge in [0.1, 0.15) is 0 Å². The second kappa shape index (κ2) is 5.73. The summed E-state index contributed by atoms with van der Waals surface area (Å²) in [6.07, 6.45) is -4.58. The lowest BCUT2D eigenvalue weighted by Gasteiger charge is -2.07. The zero-order chi connectivity index (χ0) is 15.8. The molecule has 2 aromatic rings. The molecule has 0 amide bonds.